The Kier molecular flexibility index (Phi) is 13.0. The molecule has 0 saturated carbocycles. The van der Waals surface area contributed by atoms with Crippen LogP contribution in [0.2, 0.25) is 16.6 Å². The molecule has 4 N–H and O–H groups in total. The quantitative estimate of drug-likeness (QED) is 0.0963. The van der Waals surface area contributed by atoms with E-state index in [4.69, 9.17) is 13.9 Å². The Balaban J connectivity index is 1.84. The van der Waals surface area contributed by atoms with Crippen molar-refractivity contribution in [2.45, 2.75) is 124 Å². The van der Waals surface area contributed by atoms with E-state index in [1.165, 1.54) is 12.1 Å². The number of phenols is 4. The van der Waals surface area contributed by atoms with Gasteiger partial charge in [0.15, 0.2) is 0 Å². The summed E-state index contributed by atoms with van der Waals surface area (Å²) in [6.45, 7) is 22.5. The van der Waals surface area contributed by atoms with E-state index in [1.54, 1.807) is 6.92 Å². The molecular formula is C39H54O9Si. The predicted octanol–water partition coefficient (Wildman–Crippen LogP) is 8.70. The number of carbonyl (C=O) groups is 2. The minimum Gasteiger partial charge on any atom is -0.508 e. The molecule has 0 aliphatic rings. The number of benzene rings is 3. The Morgan fingerprint density at radius 1 is 0.633 bits per heavy atom. The van der Waals surface area contributed by atoms with Crippen LogP contribution in [-0.2, 0) is 33.3 Å². The molecule has 49 heavy (non-hydrogen) atoms. The minimum absolute atomic E-state index is 0.0127. The van der Waals surface area contributed by atoms with Gasteiger partial charge in [-0.05, 0) is 97.6 Å². The molecular weight excluding hydrogens is 641 g/mol. The van der Waals surface area contributed by atoms with Crippen molar-refractivity contribution >= 4 is 20.3 Å². The normalized spacial score (nSPS) is 13.2. The van der Waals surface area contributed by atoms with Crippen LogP contribution in [0.5, 0.6) is 23.0 Å². The third-order valence-electron chi connectivity index (χ3n) is 9.40. The second-order valence-corrected chi connectivity index (χ2v) is 19.7. The first-order valence-corrected chi connectivity index (χ1v) is 19.1. The van der Waals surface area contributed by atoms with Gasteiger partial charge in [0.2, 0.25) is 8.32 Å². The fourth-order valence-corrected chi connectivity index (χ4v) is 13.1. The zero-order valence-corrected chi connectivity index (χ0v) is 31.8. The van der Waals surface area contributed by atoms with Crippen LogP contribution in [-0.4, -0.2) is 52.9 Å². The number of rotatable bonds is 14. The molecule has 3 aromatic rings. The minimum atomic E-state index is -2.26. The number of esters is 2. The van der Waals surface area contributed by atoms with E-state index in [9.17, 15) is 30.0 Å². The van der Waals surface area contributed by atoms with Crippen LogP contribution in [0.15, 0.2) is 36.4 Å². The van der Waals surface area contributed by atoms with Gasteiger partial charge in [-0.1, -0.05) is 59.2 Å². The number of phenolic OH excluding ortho intramolecular Hbond substituents is 4. The molecule has 0 heterocycles. The summed E-state index contributed by atoms with van der Waals surface area (Å²) in [6, 6.07) is 8.89. The van der Waals surface area contributed by atoms with Crippen molar-refractivity contribution < 1.29 is 43.9 Å². The molecule has 3 aromatic carbocycles. The molecule has 0 radical (unpaired) electrons. The van der Waals surface area contributed by atoms with Crippen LogP contribution < -0.4 is 0 Å². The molecule has 0 unspecified atom stereocenters. The molecule has 9 nitrogen and oxygen atoms in total. The average Bonchev–Trinajstić information content (AvgIpc) is 2.93. The lowest BCUT2D eigenvalue weighted by molar-refractivity contribution is 0.0337. The molecule has 10 heteroatoms. The summed E-state index contributed by atoms with van der Waals surface area (Å²) >= 11 is 0. The molecule has 0 aliphatic carbocycles. The Morgan fingerprint density at radius 2 is 1.06 bits per heavy atom. The van der Waals surface area contributed by atoms with E-state index >= 15 is 0 Å². The van der Waals surface area contributed by atoms with Crippen molar-refractivity contribution in [3.05, 3.63) is 80.9 Å². The van der Waals surface area contributed by atoms with E-state index in [0.29, 0.717) is 22.2 Å². The standard InChI is InChI=1S/C39H54O9Si/c1-21(2)49(22(3)4,23(5)6)48-28(11)15-30-17-32(41)19-35(43)37(30)39(45)47-27(10)14-29-16-31(40)18-34(42)36(29)38(44)46-20-33-25(8)12-24(7)13-26(33)9/h12-13,16-19,21-23,27-28,40-43H,14-15,20H2,1-11H3/t27-,28-/m0/s1. The van der Waals surface area contributed by atoms with Crippen molar-refractivity contribution in [2.75, 3.05) is 0 Å². The van der Waals surface area contributed by atoms with Crippen molar-refractivity contribution in [1.29, 1.82) is 0 Å². The van der Waals surface area contributed by atoms with Gasteiger partial charge in [0.1, 0.15) is 46.8 Å². The number of aromatic hydroxyl groups is 4. The number of carbonyl (C=O) groups excluding carboxylic acids is 2. The van der Waals surface area contributed by atoms with E-state index in [0.717, 1.165) is 34.4 Å². The smallest absolute Gasteiger partial charge is 0.342 e. The van der Waals surface area contributed by atoms with Crippen molar-refractivity contribution in [2.24, 2.45) is 0 Å². The van der Waals surface area contributed by atoms with Crippen LogP contribution in [0, 0.1) is 20.8 Å². The lowest BCUT2D eigenvalue weighted by Gasteiger charge is -2.44. The SMILES string of the molecule is Cc1cc(C)c(COC(=O)c2c(O)cc(O)cc2C[C@H](C)OC(=O)c2c(O)cc(O)cc2C[C@H](C)O[Si](C(C)C)(C(C)C)C(C)C)c(C)c1. The van der Waals surface area contributed by atoms with Crippen LogP contribution in [0.25, 0.3) is 0 Å². The van der Waals surface area contributed by atoms with Gasteiger partial charge >= 0.3 is 11.9 Å². The first-order chi connectivity index (χ1) is 22.8. The van der Waals surface area contributed by atoms with E-state index < -0.39 is 37.9 Å². The number of hydrogen-bond acceptors (Lipinski definition) is 9. The summed E-state index contributed by atoms with van der Waals surface area (Å²) < 4.78 is 18.2. The van der Waals surface area contributed by atoms with Crippen molar-refractivity contribution in [3.8, 4) is 23.0 Å². The first kappa shape index (κ1) is 39.4. The zero-order valence-electron chi connectivity index (χ0n) is 30.8. The predicted molar refractivity (Wildman–Crippen MR) is 193 cm³/mol. The summed E-state index contributed by atoms with van der Waals surface area (Å²) in [5.74, 6) is -2.98. The summed E-state index contributed by atoms with van der Waals surface area (Å²) in [6.07, 6.45) is -0.989. The Labute approximate surface area is 292 Å². The van der Waals surface area contributed by atoms with Gasteiger partial charge < -0.3 is 34.3 Å². The second-order valence-electron chi connectivity index (χ2n) is 14.3. The van der Waals surface area contributed by atoms with Crippen molar-refractivity contribution in [1.82, 2.24) is 0 Å². The molecule has 0 fully saturated rings. The highest BCUT2D eigenvalue weighted by molar-refractivity contribution is 6.77. The molecule has 3 rings (SSSR count). The zero-order chi connectivity index (χ0) is 37.0. The third-order valence-corrected chi connectivity index (χ3v) is 15.6. The monoisotopic (exact) mass is 694 g/mol. The lowest BCUT2D eigenvalue weighted by atomic mass is 9.99. The summed E-state index contributed by atoms with van der Waals surface area (Å²) in [5, 5.41) is 42.1. The van der Waals surface area contributed by atoms with Crippen LogP contribution in [0.1, 0.15) is 109 Å². The molecule has 0 aromatic heterocycles. The van der Waals surface area contributed by atoms with Crippen LogP contribution in [0.4, 0.5) is 0 Å². The van der Waals surface area contributed by atoms with E-state index in [2.05, 4.69) is 41.5 Å². The molecule has 0 bridgehead atoms. The van der Waals surface area contributed by atoms with E-state index in [1.807, 2.05) is 39.8 Å². The third kappa shape index (κ3) is 9.16. The Hall–Kier alpha value is -4.02. The van der Waals surface area contributed by atoms with Gasteiger partial charge in [0.25, 0.3) is 0 Å². The highest BCUT2D eigenvalue weighted by Gasteiger charge is 2.46. The number of aryl methyl sites for hydroxylation is 3. The highest BCUT2D eigenvalue weighted by Crippen LogP contribution is 2.43. The largest absolute Gasteiger partial charge is 0.508 e. The Morgan fingerprint density at radius 3 is 1.51 bits per heavy atom. The summed E-state index contributed by atoms with van der Waals surface area (Å²) in [4.78, 5) is 26.9. The maximum Gasteiger partial charge on any atom is 0.342 e. The van der Waals surface area contributed by atoms with Gasteiger partial charge in [-0.3, -0.25) is 0 Å². The van der Waals surface area contributed by atoms with Gasteiger partial charge in [-0.15, -0.1) is 0 Å². The summed E-state index contributed by atoms with van der Waals surface area (Å²) in [7, 11) is -2.26. The molecule has 0 amide bonds. The van der Waals surface area contributed by atoms with Crippen molar-refractivity contribution in [3.63, 3.8) is 0 Å². The van der Waals surface area contributed by atoms with Gasteiger partial charge in [-0.2, -0.15) is 0 Å². The average molecular weight is 695 g/mol. The maximum absolute atomic E-state index is 13.6. The fraction of sp³-hybridized carbons (Fsp3) is 0.487. The second kappa shape index (κ2) is 16.1. The molecule has 0 saturated heterocycles. The Bertz CT molecular complexity index is 1620. The van der Waals surface area contributed by atoms with E-state index in [-0.39, 0.29) is 53.7 Å². The number of hydrogen-bond donors (Lipinski definition) is 4. The molecule has 268 valence electrons. The molecule has 0 spiro atoms. The van der Waals surface area contributed by atoms with Gasteiger partial charge in [0, 0.05) is 24.7 Å². The van der Waals surface area contributed by atoms with Crippen LogP contribution in [0.3, 0.4) is 0 Å². The summed E-state index contributed by atoms with van der Waals surface area (Å²) in [5.41, 5.74) is 5.28. The fourth-order valence-electron chi connectivity index (χ4n) is 7.48. The topological polar surface area (TPSA) is 143 Å². The lowest BCUT2D eigenvalue weighted by Crippen LogP contribution is -2.50. The van der Waals surface area contributed by atoms with Gasteiger partial charge in [-0.25, -0.2) is 9.59 Å². The highest BCUT2D eigenvalue weighted by atomic mass is 28.4. The first-order valence-electron chi connectivity index (χ1n) is 17.0. The molecule has 2 atom stereocenters. The maximum atomic E-state index is 13.6. The van der Waals surface area contributed by atoms with Gasteiger partial charge in [0.05, 0.1) is 0 Å². The molecule has 0 aliphatic heterocycles. The number of ether oxygens (including phenoxy) is 2. The van der Waals surface area contributed by atoms with Crippen LogP contribution >= 0.6 is 0 Å².